The predicted molar refractivity (Wildman–Crippen MR) is 224 cm³/mol. The maximum atomic E-state index is 12.6. The molecule has 10 heteroatoms. The number of hydrogen-bond acceptors (Lipinski definition) is 8. The first-order valence-electron chi connectivity index (χ1n) is 22.0. The van der Waals surface area contributed by atoms with Gasteiger partial charge in [-0.05, 0) is 51.4 Å². The quantitative estimate of drug-likeness (QED) is 0.0239. The molecule has 0 aromatic carbocycles. The largest absolute Gasteiger partial charge is 0.472 e. The second-order valence-electron chi connectivity index (χ2n) is 14.7. The van der Waals surface area contributed by atoms with Gasteiger partial charge in [0.25, 0.3) is 0 Å². The number of unbranched alkanes of at least 4 members (excludes halogenated alkanes) is 22. The van der Waals surface area contributed by atoms with Crippen molar-refractivity contribution in [3.8, 4) is 0 Å². The molecule has 9 nitrogen and oxygen atoms in total. The molecule has 0 rings (SSSR count). The van der Waals surface area contributed by atoms with Crippen LogP contribution >= 0.6 is 7.82 Å². The lowest BCUT2D eigenvalue weighted by molar-refractivity contribution is -0.154. The highest BCUT2D eigenvalue weighted by molar-refractivity contribution is 7.47. The van der Waals surface area contributed by atoms with Crippen LogP contribution in [0, 0.1) is 0 Å². The highest BCUT2D eigenvalue weighted by atomic mass is 31.2. The topological polar surface area (TPSA) is 132 Å². The Balaban J connectivity index is 4.20. The predicted octanol–water partition coefficient (Wildman–Crippen LogP) is 12.0. The van der Waals surface area contributed by atoms with Crippen LogP contribution in [0.15, 0.2) is 36.5 Å². The lowest BCUT2D eigenvalue weighted by Gasteiger charge is -2.20. The van der Waals surface area contributed by atoms with Gasteiger partial charge in [0.1, 0.15) is 12.2 Å². The van der Waals surface area contributed by atoms with Gasteiger partial charge in [0.05, 0.1) is 26.4 Å². The lowest BCUT2D eigenvalue weighted by atomic mass is 10.0. The molecule has 1 unspecified atom stereocenters. The molecule has 54 heavy (non-hydrogen) atoms. The van der Waals surface area contributed by atoms with Gasteiger partial charge in [-0.1, -0.05) is 172 Å². The first-order valence-corrected chi connectivity index (χ1v) is 23.5. The minimum atomic E-state index is -4.52. The van der Waals surface area contributed by atoms with Crippen molar-refractivity contribution in [1.82, 2.24) is 0 Å². The SMILES string of the molecule is CCCCC/C=C\C/C=C\C/C=C\CCCCCCC(=O)O[C@H](COCCCCCCCCCCCCCCCCCC)COP(=O)(O)OC[C@@H](O)CO. The summed E-state index contributed by atoms with van der Waals surface area (Å²) in [6.45, 7) is 3.48. The van der Waals surface area contributed by atoms with Crippen LogP contribution in [0.5, 0.6) is 0 Å². The van der Waals surface area contributed by atoms with Gasteiger partial charge in [0.2, 0.25) is 0 Å². The zero-order valence-electron chi connectivity index (χ0n) is 34.7. The number of allylic oxidation sites excluding steroid dienone is 6. The summed E-state index contributed by atoms with van der Waals surface area (Å²) in [4.78, 5) is 22.6. The Kier molecular flexibility index (Phi) is 40.3. The maximum Gasteiger partial charge on any atom is 0.472 e. The fourth-order valence-electron chi connectivity index (χ4n) is 5.95. The smallest absolute Gasteiger partial charge is 0.457 e. The third-order valence-electron chi connectivity index (χ3n) is 9.33. The number of phosphoric ester groups is 1. The van der Waals surface area contributed by atoms with E-state index in [1.165, 1.54) is 116 Å². The second kappa shape index (κ2) is 41.3. The Bertz CT molecular complexity index is 939. The van der Waals surface area contributed by atoms with E-state index in [9.17, 15) is 19.4 Å². The van der Waals surface area contributed by atoms with E-state index in [1.54, 1.807) is 0 Å². The second-order valence-corrected chi connectivity index (χ2v) is 16.2. The summed E-state index contributed by atoms with van der Waals surface area (Å²) in [5, 5.41) is 18.3. The van der Waals surface area contributed by atoms with Crippen LogP contribution < -0.4 is 0 Å². The molecule has 0 aliphatic rings. The van der Waals surface area contributed by atoms with Gasteiger partial charge in [-0.2, -0.15) is 0 Å². The number of ether oxygens (including phenoxy) is 2. The third-order valence-corrected chi connectivity index (χ3v) is 10.3. The third kappa shape index (κ3) is 40.3. The van der Waals surface area contributed by atoms with E-state index in [0.29, 0.717) is 13.0 Å². The number of hydrogen-bond donors (Lipinski definition) is 3. The van der Waals surface area contributed by atoms with Gasteiger partial charge in [-0.15, -0.1) is 0 Å². The van der Waals surface area contributed by atoms with E-state index in [-0.39, 0.29) is 19.6 Å². The number of aliphatic hydroxyl groups excluding tert-OH is 2. The van der Waals surface area contributed by atoms with E-state index in [4.69, 9.17) is 23.6 Å². The number of phosphoric acid groups is 1. The molecule has 0 aromatic heterocycles. The Morgan fingerprint density at radius 3 is 1.54 bits per heavy atom. The Morgan fingerprint density at radius 1 is 0.574 bits per heavy atom. The molecule has 0 aromatic rings. The van der Waals surface area contributed by atoms with Crippen molar-refractivity contribution in [2.24, 2.45) is 0 Å². The summed E-state index contributed by atoms with van der Waals surface area (Å²) in [6.07, 6.45) is 43.8. The molecule has 0 spiro atoms. The number of carbonyl (C=O) groups is 1. The van der Waals surface area contributed by atoms with E-state index in [1.807, 2.05) is 0 Å². The molecule has 0 amide bonds. The Hall–Kier alpha value is -1.32. The van der Waals surface area contributed by atoms with Crippen LogP contribution in [-0.4, -0.2) is 66.3 Å². The van der Waals surface area contributed by atoms with Gasteiger partial charge in [-0.3, -0.25) is 13.8 Å². The zero-order chi connectivity index (χ0) is 39.6. The van der Waals surface area contributed by atoms with Crippen molar-refractivity contribution in [3.63, 3.8) is 0 Å². The number of carbonyl (C=O) groups excluding carboxylic acids is 1. The van der Waals surface area contributed by atoms with Crippen LogP contribution in [0.2, 0.25) is 0 Å². The summed E-state index contributed by atoms with van der Waals surface area (Å²) < 4.78 is 33.4. The first kappa shape index (κ1) is 52.7. The molecule has 0 aliphatic heterocycles. The molecule has 318 valence electrons. The molecule has 0 fully saturated rings. The van der Waals surface area contributed by atoms with Crippen molar-refractivity contribution >= 4 is 13.8 Å². The fourth-order valence-corrected chi connectivity index (χ4v) is 6.74. The Labute approximate surface area is 331 Å². The first-order chi connectivity index (χ1) is 26.3. The van der Waals surface area contributed by atoms with Gasteiger partial charge in [0, 0.05) is 13.0 Å². The zero-order valence-corrected chi connectivity index (χ0v) is 35.6. The number of aliphatic hydroxyl groups is 2. The minimum Gasteiger partial charge on any atom is -0.457 e. The van der Waals surface area contributed by atoms with E-state index in [2.05, 4.69) is 50.3 Å². The molecule has 3 atom stereocenters. The summed E-state index contributed by atoms with van der Waals surface area (Å²) >= 11 is 0. The summed E-state index contributed by atoms with van der Waals surface area (Å²) in [7, 11) is -4.52. The molecular formula is C44H83O9P. The lowest BCUT2D eigenvalue weighted by Crippen LogP contribution is -2.29. The highest BCUT2D eigenvalue weighted by Crippen LogP contribution is 2.43. The van der Waals surface area contributed by atoms with Crippen LogP contribution in [0.4, 0.5) is 0 Å². The van der Waals surface area contributed by atoms with Gasteiger partial charge in [0.15, 0.2) is 0 Å². The Morgan fingerprint density at radius 2 is 1.00 bits per heavy atom. The average molecular weight is 787 g/mol. The van der Waals surface area contributed by atoms with E-state index >= 15 is 0 Å². The highest BCUT2D eigenvalue weighted by Gasteiger charge is 2.26. The standard InChI is InChI=1S/C44H83O9P/c1-3-5-7-9-11-13-15-17-19-21-22-24-26-28-30-32-34-36-44(47)53-43(41-52-54(48,49)51-39-42(46)38-45)40-50-37-35-33-31-29-27-25-23-20-18-16-14-12-10-8-6-4-2/h11,13,17,19,22,24,42-43,45-46H,3-10,12,14-16,18,20-21,23,25-41H2,1-2H3,(H,48,49)/b13-11-,19-17-,24-22-/t42-,43+/m0/s1. The molecule has 0 saturated heterocycles. The molecule has 0 saturated carbocycles. The number of rotatable bonds is 42. The molecule has 3 N–H and O–H groups in total. The van der Waals surface area contributed by atoms with Crippen molar-refractivity contribution < 1.29 is 43.0 Å². The van der Waals surface area contributed by atoms with Crippen molar-refractivity contribution in [3.05, 3.63) is 36.5 Å². The summed E-state index contributed by atoms with van der Waals surface area (Å²) in [6, 6.07) is 0. The minimum absolute atomic E-state index is 0.0427. The average Bonchev–Trinajstić information content (AvgIpc) is 3.16. The maximum absolute atomic E-state index is 12.6. The van der Waals surface area contributed by atoms with Crippen LogP contribution in [0.25, 0.3) is 0 Å². The normalized spacial score (nSPS) is 14.4. The number of esters is 1. The van der Waals surface area contributed by atoms with Crippen molar-refractivity contribution in [2.75, 3.05) is 33.0 Å². The molecular weight excluding hydrogens is 703 g/mol. The molecule has 0 bridgehead atoms. The molecule has 0 aliphatic carbocycles. The fraction of sp³-hybridized carbons (Fsp3) is 0.841. The summed E-state index contributed by atoms with van der Waals surface area (Å²) in [5.41, 5.74) is 0. The molecule has 0 radical (unpaired) electrons. The van der Waals surface area contributed by atoms with Crippen LogP contribution in [0.1, 0.15) is 194 Å². The monoisotopic (exact) mass is 787 g/mol. The molecule has 0 heterocycles. The van der Waals surface area contributed by atoms with E-state index in [0.717, 1.165) is 51.4 Å². The van der Waals surface area contributed by atoms with Crippen molar-refractivity contribution in [1.29, 1.82) is 0 Å². The van der Waals surface area contributed by atoms with Gasteiger partial charge >= 0.3 is 13.8 Å². The summed E-state index contributed by atoms with van der Waals surface area (Å²) in [5.74, 6) is -0.401. The van der Waals surface area contributed by atoms with Crippen LogP contribution in [0.3, 0.4) is 0 Å². The van der Waals surface area contributed by atoms with E-state index < -0.39 is 39.2 Å². The van der Waals surface area contributed by atoms with Gasteiger partial charge in [-0.25, -0.2) is 4.57 Å². The van der Waals surface area contributed by atoms with Crippen LogP contribution in [-0.2, 0) is 27.9 Å². The van der Waals surface area contributed by atoms with Gasteiger partial charge < -0.3 is 24.6 Å². The van der Waals surface area contributed by atoms with Crippen molar-refractivity contribution in [2.45, 2.75) is 206 Å².